The molecule has 0 aromatic heterocycles. The van der Waals surface area contributed by atoms with Gasteiger partial charge in [-0.25, -0.2) is 9.59 Å². The van der Waals surface area contributed by atoms with Crippen LogP contribution in [0.15, 0.2) is 24.5 Å². The highest BCUT2D eigenvalue weighted by Gasteiger charge is 1.95. The fraction of sp³-hybridized carbons (Fsp3) is 0.143. The number of aliphatic hydroxyl groups is 1. The summed E-state index contributed by atoms with van der Waals surface area (Å²) in [4.78, 5) is 19.0. The highest BCUT2D eigenvalue weighted by Crippen LogP contribution is 1.86. The molecule has 0 heterocycles. The van der Waals surface area contributed by atoms with E-state index in [1.165, 1.54) is 6.92 Å². The van der Waals surface area contributed by atoms with E-state index in [1.807, 2.05) is 0 Å². The predicted octanol–water partition coefficient (Wildman–Crippen LogP) is 0.790. The molecule has 0 aliphatic rings. The van der Waals surface area contributed by atoms with Crippen LogP contribution in [0.4, 0.5) is 0 Å². The lowest BCUT2D eigenvalue weighted by Gasteiger charge is -1.83. The van der Waals surface area contributed by atoms with Gasteiger partial charge in [-0.05, 0) is 6.92 Å². The molecule has 0 aromatic rings. The first kappa shape index (κ1) is 12.9. The summed E-state index contributed by atoms with van der Waals surface area (Å²) < 4.78 is 0. The normalized spacial score (nSPS) is 9.25. The molecule has 0 saturated heterocycles. The van der Waals surface area contributed by atoms with Crippen molar-refractivity contribution in [3.8, 4) is 0 Å². The van der Waals surface area contributed by atoms with Crippen molar-refractivity contribution in [3.05, 3.63) is 24.5 Å². The largest absolute Gasteiger partial charge is 0.515 e. The molecule has 0 aromatic carbocycles. The zero-order valence-corrected chi connectivity index (χ0v) is 6.52. The third-order valence-corrected chi connectivity index (χ3v) is 0.706. The van der Waals surface area contributed by atoms with Gasteiger partial charge in [0.05, 0.1) is 11.8 Å². The van der Waals surface area contributed by atoms with Gasteiger partial charge in [-0.1, -0.05) is 6.58 Å². The molecule has 0 radical (unpaired) electrons. The molecule has 5 nitrogen and oxygen atoms in total. The van der Waals surface area contributed by atoms with Crippen LogP contribution in [0.5, 0.6) is 0 Å². The van der Waals surface area contributed by atoms with Gasteiger partial charge in [-0.15, -0.1) is 0 Å². The van der Waals surface area contributed by atoms with Gasteiger partial charge in [-0.2, -0.15) is 0 Å². The van der Waals surface area contributed by atoms with Crippen LogP contribution in [0, 0.1) is 0 Å². The lowest BCUT2D eigenvalue weighted by molar-refractivity contribution is -0.133. The molecule has 0 aliphatic heterocycles. The Labute approximate surface area is 69.3 Å². The van der Waals surface area contributed by atoms with E-state index in [2.05, 4.69) is 6.58 Å². The molecule has 12 heavy (non-hydrogen) atoms. The van der Waals surface area contributed by atoms with E-state index in [4.69, 9.17) is 15.3 Å². The van der Waals surface area contributed by atoms with E-state index in [0.717, 1.165) is 6.08 Å². The molecule has 3 N–H and O–H groups in total. The highest BCUT2D eigenvalue weighted by atomic mass is 16.4. The van der Waals surface area contributed by atoms with Crippen LogP contribution < -0.4 is 0 Å². The second-order valence-corrected chi connectivity index (χ2v) is 1.66. The van der Waals surface area contributed by atoms with Gasteiger partial charge in [0.1, 0.15) is 0 Å². The molecule has 0 rings (SSSR count). The Morgan fingerprint density at radius 1 is 1.33 bits per heavy atom. The number of hydrogen-bond acceptors (Lipinski definition) is 3. The molecule has 0 unspecified atom stereocenters. The molecular weight excluding hydrogens is 164 g/mol. The molecule has 0 atom stereocenters. The third kappa shape index (κ3) is 11.1. The number of aliphatic hydroxyl groups excluding tert-OH is 1. The van der Waals surface area contributed by atoms with Gasteiger partial charge in [0, 0.05) is 6.08 Å². The summed E-state index contributed by atoms with van der Waals surface area (Å²) in [7, 11) is 0. The first-order valence-electron chi connectivity index (χ1n) is 2.85. The number of aliphatic carboxylic acids is 2. The number of carboxylic acids is 2. The van der Waals surface area contributed by atoms with E-state index in [9.17, 15) is 9.59 Å². The molecule has 0 fully saturated rings. The molecule has 0 bridgehead atoms. The van der Waals surface area contributed by atoms with E-state index in [0.29, 0.717) is 6.26 Å². The monoisotopic (exact) mass is 174 g/mol. The van der Waals surface area contributed by atoms with Crippen molar-refractivity contribution >= 4 is 11.9 Å². The van der Waals surface area contributed by atoms with Crippen LogP contribution in [-0.2, 0) is 9.59 Å². The van der Waals surface area contributed by atoms with E-state index < -0.39 is 11.9 Å². The lowest BCUT2D eigenvalue weighted by atomic mass is 10.4. The number of rotatable bonds is 2. The standard InChI is InChI=1S/C4H6O3.C3H4O2/c1-3(2-5)4(6)7;1-2-3(4)5/h2,5H,1H3,(H,6,7);2H,1H2,(H,4,5). The number of carboxylic acid groups (broad SMARTS) is 2. The van der Waals surface area contributed by atoms with Crippen LogP contribution in [0.3, 0.4) is 0 Å². The second kappa shape index (κ2) is 7.33. The maximum absolute atomic E-state index is 9.70. The molecule has 0 amide bonds. The Kier molecular flexibility index (Phi) is 7.85. The van der Waals surface area contributed by atoms with Gasteiger partial charge in [0.2, 0.25) is 0 Å². The summed E-state index contributed by atoms with van der Waals surface area (Å²) in [6.07, 6.45) is 1.39. The summed E-state index contributed by atoms with van der Waals surface area (Å²) in [5, 5.41) is 23.5. The lowest BCUT2D eigenvalue weighted by Crippen LogP contribution is -1.94. The van der Waals surface area contributed by atoms with Crippen molar-refractivity contribution in [1.82, 2.24) is 0 Å². The van der Waals surface area contributed by atoms with Crippen molar-refractivity contribution in [2.75, 3.05) is 0 Å². The van der Waals surface area contributed by atoms with Crippen molar-refractivity contribution in [2.24, 2.45) is 0 Å². The Bertz CT molecular complexity index is 204. The summed E-state index contributed by atoms with van der Waals surface area (Å²) in [6, 6.07) is 0. The summed E-state index contributed by atoms with van der Waals surface area (Å²) in [5.41, 5.74) is -0.0556. The average Bonchev–Trinajstić information content (AvgIpc) is 2.04. The summed E-state index contributed by atoms with van der Waals surface area (Å²) >= 11 is 0. The van der Waals surface area contributed by atoms with Gasteiger partial charge in [-0.3, -0.25) is 0 Å². The van der Waals surface area contributed by atoms with Crippen molar-refractivity contribution in [2.45, 2.75) is 6.92 Å². The predicted molar refractivity (Wildman–Crippen MR) is 41.9 cm³/mol. The zero-order chi connectivity index (χ0) is 10.1. The van der Waals surface area contributed by atoms with Crippen LogP contribution in [0.2, 0.25) is 0 Å². The maximum atomic E-state index is 9.70. The minimum atomic E-state index is -1.09. The number of hydrogen-bond donors (Lipinski definition) is 3. The molecule has 5 heteroatoms. The van der Waals surface area contributed by atoms with E-state index in [1.54, 1.807) is 0 Å². The van der Waals surface area contributed by atoms with Crippen LogP contribution in [0.25, 0.3) is 0 Å². The van der Waals surface area contributed by atoms with Crippen LogP contribution >= 0.6 is 0 Å². The summed E-state index contributed by atoms with van der Waals surface area (Å²) in [6.45, 7) is 4.27. The fourth-order valence-electron chi connectivity index (χ4n) is 0.0552. The first-order valence-corrected chi connectivity index (χ1v) is 2.85. The molecule has 68 valence electrons. The van der Waals surface area contributed by atoms with Crippen molar-refractivity contribution in [1.29, 1.82) is 0 Å². The minimum absolute atomic E-state index is 0.0556. The number of carbonyl (C=O) groups is 2. The van der Waals surface area contributed by atoms with Crippen molar-refractivity contribution < 1.29 is 24.9 Å². The molecule has 0 spiro atoms. The smallest absolute Gasteiger partial charge is 0.334 e. The Morgan fingerprint density at radius 3 is 1.67 bits per heavy atom. The Hall–Kier alpha value is -1.78. The SMILES string of the molecule is C=CC(=O)O.CC(=CO)C(=O)O. The molecule has 0 aliphatic carbocycles. The third-order valence-electron chi connectivity index (χ3n) is 0.706. The van der Waals surface area contributed by atoms with Crippen molar-refractivity contribution in [3.63, 3.8) is 0 Å². The quantitative estimate of drug-likeness (QED) is 0.425. The molecular formula is C7H10O5. The van der Waals surface area contributed by atoms with Crippen LogP contribution in [0.1, 0.15) is 6.92 Å². The topological polar surface area (TPSA) is 94.8 Å². The average molecular weight is 174 g/mol. The summed E-state index contributed by atoms with van der Waals surface area (Å²) in [5.74, 6) is -2.08. The van der Waals surface area contributed by atoms with Gasteiger partial charge in [0.15, 0.2) is 0 Å². The first-order chi connectivity index (χ1) is 5.45. The maximum Gasteiger partial charge on any atom is 0.334 e. The Morgan fingerprint density at radius 2 is 1.67 bits per heavy atom. The fourth-order valence-corrected chi connectivity index (χ4v) is 0.0552. The Balaban J connectivity index is 0. The van der Waals surface area contributed by atoms with Gasteiger partial charge < -0.3 is 15.3 Å². The zero-order valence-electron chi connectivity index (χ0n) is 6.52. The minimum Gasteiger partial charge on any atom is -0.515 e. The van der Waals surface area contributed by atoms with Crippen LogP contribution in [-0.4, -0.2) is 27.3 Å². The second-order valence-electron chi connectivity index (χ2n) is 1.66. The van der Waals surface area contributed by atoms with E-state index >= 15 is 0 Å². The highest BCUT2D eigenvalue weighted by molar-refractivity contribution is 5.85. The van der Waals surface area contributed by atoms with Gasteiger partial charge in [0.25, 0.3) is 0 Å². The van der Waals surface area contributed by atoms with E-state index in [-0.39, 0.29) is 5.57 Å². The molecule has 0 saturated carbocycles. The van der Waals surface area contributed by atoms with Gasteiger partial charge >= 0.3 is 11.9 Å².